The summed E-state index contributed by atoms with van der Waals surface area (Å²) in [5, 5.41) is 11.9. The number of nitrogens with one attached hydrogen (secondary N) is 1. The van der Waals surface area contributed by atoms with Crippen molar-refractivity contribution >= 4 is 12.0 Å². The third-order valence-electron chi connectivity index (χ3n) is 3.70. The largest absolute Gasteiger partial charge is 0.480 e. The predicted octanol–water partition coefficient (Wildman–Crippen LogP) is 0.814. The van der Waals surface area contributed by atoms with Crippen molar-refractivity contribution < 1.29 is 19.4 Å². The number of aliphatic carboxylic acids is 1. The molecule has 0 aromatic carbocycles. The molecular formula is C12H20N2O4. The van der Waals surface area contributed by atoms with Crippen LogP contribution in [0.15, 0.2) is 0 Å². The molecule has 1 aliphatic heterocycles. The second-order valence-corrected chi connectivity index (χ2v) is 5.15. The molecule has 1 saturated carbocycles. The first kappa shape index (κ1) is 13.1. The van der Waals surface area contributed by atoms with Gasteiger partial charge in [0.1, 0.15) is 5.54 Å². The second kappa shape index (κ2) is 5.14. The Kier molecular flexibility index (Phi) is 3.75. The molecule has 0 aromatic heterocycles. The minimum Gasteiger partial charge on any atom is -0.480 e. The van der Waals surface area contributed by atoms with Gasteiger partial charge in [-0.3, -0.25) is 0 Å². The first-order valence-corrected chi connectivity index (χ1v) is 6.46. The molecule has 0 spiro atoms. The third kappa shape index (κ3) is 2.58. The highest BCUT2D eigenvalue weighted by molar-refractivity contribution is 5.87. The molecule has 6 heteroatoms. The van der Waals surface area contributed by atoms with E-state index >= 15 is 0 Å². The molecule has 2 fully saturated rings. The van der Waals surface area contributed by atoms with E-state index in [1.54, 1.807) is 4.90 Å². The SMILES string of the molecule is CC1CN(C(=O)NC2(C(=O)O)CCC2)CCCO1. The smallest absolute Gasteiger partial charge is 0.329 e. The summed E-state index contributed by atoms with van der Waals surface area (Å²) in [5.74, 6) is -0.929. The summed E-state index contributed by atoms with van der Waals surface area (Å²) >= 11 is 0. The standard InChI is InChI=1S/C12H20N2O4/c1-9-8-14(6-3-7-18-9)11(17)13-12(10(15)16)4-2-5-12/h9H,2-8H2,1H3,(H,13,17)(H,15,16). The number of carbonyl (C=O) groups is 2. The zero-order valence-corrected chi connectivity index (χ0v) is 10.6. The van der Waals surface area contributed by atoms with Crippen molar-refractivity contribution in [1.82, 2.24) is 10.2 Å². The lowest BCUT2D eigenvalue weighted by Crippen LogP contribution is -2.62. The van der Waals surface area contributed by atoms with Crippen molar-refractivity contribution in [3.63, 3.8) is 0 Å². The molecule has 6 nitrogen and oxygen atoms in total. The zero-order chi connectivity index (χ0) is 13.2. The van der Waals surface area contributed by atoms with Gasteiger partial charge in [0.15, 0.2) is 0 Å². The summed E-state index contributed by atoms with van der Waals surface area (Å²) in [4.78, 5) is 25.0. The molecule has 1 atom stereocenters. The van der Waals surface area contributed by atoms with Gasteiger partial charge in [-0.25, -0.2) is 9.59 Å². The van der Waals surface area contributed by atoms with Crippen LogP contribution in [0.4, 0.5) is 4.79 Å². The van der Waals surface area contributed by atoms with E-state index in [1.165, 1.54) is 0 Å². The molecule has 1 heterocycles. The lowest BCUT2D eigenvalue weighted by Gasteiger charge is -2.39. The predicted molar refractivity (Wildman–Crippen MR) is 64.4 cm³/mol. The topological polar surface area (TPSA) is 78.9 Å². The van der Waals surface area contributed by atoms with E-state index in [9.17, 15) is 14.7 Å². The highest BCUT2D eigenvalue weighted by atomic mass is 16.5. The van der Waals surface area contributed by atoms with Gasteiger partial charge in [0.05, 0.1) is 6.10 Å². The number of nitrogens with zero attached hydrogens (tertiary/aromatic N) is 1. The molecule has 0 bridgehead atoms. The molecule has 1 unspecified atom stereocenters. The van der Waals surface area contributed by atoms with Crippen LogP contribution >= 0.6 is 0 Å². The molecule has 1 saturated heterocycles. The average Bonchev–Trinajstić information content (AvgIpc) is 2.47. The van der Waals surface area contributed by atoms with Crippen LogP contribution in [0.2, 0.25) is 0 Å². The molecular weight excluding hydrogens is 236 g/mol. The number of amides is 2. The van der Waals surface area contributed by atoms with Crippen LogP contribution in [-0.4, -0.2) is 53.3 Å². The number of hydrogen-bond donors (Lipinski definition) is 2. The van der Waals surface area contributed by atoms with Gasteiger partial charge in [0, 0.05) is 19.7 Å². The Morgan fingerprint density at radius 2 is 2.11 bits per heavy atom. The number of carbonyl (C=O) groups excluding carboxylic acids is 1. The molecule has 102 valence electrons. The fourth-order valence-electron chi connectivity index (χ4n) is 2.39. The molecule has 2 N–H and O–H groups in total. The van der Waals surface area contributed by atoms with E-state index in [2.05, 4.69) is 5.32 Å². The van der Waals surface area contributed by atoms with Crippen molar-refractivity contribution in [2.24, 2.45) is 0 Å². The van der Waals surface area contributed by atoms with Crippen molar-refractivity contribution in [2.75, 3.05) is 19.7 Å². The van der Waals surface area contributed by atoms with Crippen LogP contribution in [0.1, 0.15) is 32.6 Å². The number of hydrogen-bond acceptors (Lipinski definition) is 3. The summed E-state index contributed by atoms with van der Waals surface area (Å²) in [6.45, 7) is 3.70. The van der Waals surface area contributed by atoms with Gasteiger partial charge in [-0.05, 0) is 32.6 Å². The highest BCUT2D eigenvalue weighted by Crippen LogP contribution is 2.32. The van der Waals surface area contributed by atoms with Gasteiger partial charge in [-0.2, -0.15) is 0 Å². The van der Waals surface area contributed by atoms with Crippen LogP contribution in [0.25, 0.3) is 0 Å². The Bertz CT molecular complexity index is 341. The van der Waals surface area contributed by atoms with E-state index in [-0.39, 0.29) is 12.1 Å². The zero-order valence-electron chi connectivity index (χ0n) is 10.6. The summed E-state index contributed by atoms with van der Waals surface area (Å²) in [7, 11) is 0. The summed E-state index contributed by atoms with van der Waals surface area (Å²) in [5.41, 5.74) is -1.03. The lowest BCUT2D eigenvalue weighted by atomic mass is 9.77. The van der Waals surface area contributed by atoms with Crippen LogP contribution < -0.4 is 5.32 Å². The fourth-order valence-corrected chi connectivity index (χ4v) is 2.39. The maximum atomic E-state index is 12.1. The van der Waals surface area contributed by atoms with Gasteiger partial charge in [-0.15, -0.1) is 0 Å². The Balaban J connectivity index is 1.96. The van der Waals surface area contributed by atoms with Crippen molar-refractivity contribution in [3.8, 4) is 0 Å². The Morgan fingerprint density at radius 3 is 2.67 bits per heavy atom. The van der Waals surface area contributed by atoms with Crippen molar-refractivity contribution in [1.29, 1.82) is 0 Å². The lowest BCUT2D eigenvalue weighted by molar-refractivity contribution is -0.148. The average molecular weight is 256 g/mol. The first-order valence-electron chi connectivity index (χ1n) is 6.46. The summed E-state index contributed by atoms with van der Waals surface area (Å²) < 4.78 is 5.46. The number of carboxylic acid groups (broad SMARTS) is 1. The molecule has 18 heavy (non-hydrogen) atoms. The summed E-state index contributed by atoms with van der Waals surface area (Å²) in [6.07, 6.45) is 2.69. The second-order valence-electron chi connectivity index (χ2n) is 5.15. The molecule has 2 aliphatic rings. The van der Waals surface area contributed by atoms with Gasteiger partial charge < -0.3 is 20.1 Å². The van der Waals surface area contributed by atoms with Crippen LogP contribution in [0, 0.1) is 0 Å². The number of ether oxygens (including phenoxy) is 1. The maximum Gasteiger partial charge on any atom is 0.329 e. The Morgan fingerprint density at radius 1 is 1.39 bits per heavy atom. The number of carboxylic acids is 1. The fraction of sp³-hybridized carbons (Fsp3) is 0.833. The monoisotopic (exact) mass is 256 g/mol. The van der Waals surface area contributed by atoms with Gasteiger partial charge in [0.2, 0.25) is 0 Å². The van der Waals surface area contributed by atoms with Gasteiger partial charge >= 0.3 is 12.0 Å². The summed E-state index contributed by atoms with van der Waals surface area (Å²) in [6, 6.07) is -0.283. The minimum atomic E-state index is -1.03. The maximum absolute atomic E-state index is 12.1. The minimum absolute atomic E-state index is 0.000388. The van der Waals surface area contributed by atoms with E-state index < -0.39 is 11.5 Å². The normalized spacial score (nSPS) is 26.9. The van der Waals surface area contributed by atoms with Crippen LogP contribution in [0.3, 0.4) is 0 Å². The molecule has 0 aromatic rings. The molecule has 2 amide bonds. The van der Waals surface area contributed by atoms with Crippen molar-refractivity contribution in [2.45, 2.75) is 44.2 Å². The van der Waals surface area contributed by atoms with Gasteiger partial charge in [-0.1, -0.05) is 0 Å². The first-order chi connectivity index (χ1) is 8.53. The molecule has 2 rings (SSSR count). The van der Waals surface area contributed by atoms with E-state index in [0.29, 0.717) is 32.5 Å². The highest BCUT2D eigenvalue weighted by Gasteiger charge is 2.46. The Labute approximate surface area is 106 Å². The van der Waals surface area contributed by atoms with Crippen LogP contribution in [-0.2, 0) is 9.53 Å². The molecule has 0 radical (unpaired) electrons. The quantitative estimate of drug-likeness (QED) is 0.766. The van der Waals surface area contributed by atoms with E-state index in [4.69, 9.17) is 4.74 Å². The van der Waals surface area contributed by atoms with Crippen molar-refractivity contribution in [3.05, 3.63) is 0 Å². The Hall–Kier alpha value is -1.30. The number of rotatable bonds is 2. The number of urea groups is 1. The molecule has 1 aliphatic carbocycles. The van der Waals surface area contributed by atoms with E-state index in [1.807, 2.05) is 6.92 Å². The third-order valence-corrected chi connectivity index (χ3v) is 3.70. The van der Waals surface area contributed by atoms with E-state index in [0.717, 1.165) is 12.8 Å². The van der Waals surface area contributed by atoms with Crippen LogP contribution in [0.5, 0.6) is 0 Å². The van der Waals surface area contributed by atoms with Gasteiger partial charge in [0.25, 0.3) is 0 Å².